The Labute approximate surface area is 158 Å². The molecule has 0 saturated heterocycles. The van der Waals surface area contributed by atoms with E-state index in [9.17, 15) is 4.79 Å². The Kier molecular flexibility index (Phi) is 5.76. The first-order valence-corrected chi connectivity index (χ1v) is 9.06. The Morgan fingerprint density at radius 2 is 1.85 bits per heavy atom. The van der Waals surface area contributed by atoms with E-state index in [2.05, 4.69) is 15.6 Å². The van der Waals surface area contributed by atoms with Crippen LogP contribution in [0.2, 0.25) is 0 Å². The van der Waals surface area contributed by atoms with Gasteiger partial charge in [-0.25, -0.2) is 9.78 Å². The maximum atomic E-state index is 11.9. The molecular weight excluding hydrogens is 340 g/mol. The average Bonchev–Trinajstić information content (AvgIpc) is 2.67. The lowest BCUT2D eigenvalue weighted by molar-refractivity contribution is 0.252. The number of nitrogen functional groups attached to an aromatic ring is 1. The Morgan fingerprint density at radius 1 is 1.07 bits per heavy atom. The zero-order valence-corrected chi connectivity index (χ0v) is 15.6. The molecule has 0 spiro atoms. The summed E-state index contributed by atoms with van der Waals surface area (Å²) >= 11 is 0. The number of urea groups is 1. The molecule has 0 saturated carbocycles. The molecule has 0 bridgehead atoms. The number of ether oxygens (including phenoxy) is 1. The van der Waals surface area contributed by atoms with Crippen LogP contribution in [0.1, 0.15) is 25.1 Å². The maximum Gasteiger partial charge on any atom is 0.319 e. The summed E-state index contributed by atoms with van der Waals surface area (Å²) in [5.74, 6) is 1.27. The first kappa shape index (κ1) is 18.5. The highest BCUT2D eigenvalue weighted by atomic mass is 16.5. The number of nitrogens with zero attached hydrogens (tertiary/aromatic N) is 1. The second-order valence-electron chi connectivity index (χ2n) is 6.13. The van der Waals surface area contributed by atoms with Crippen molar-refractivity contribution in [2.45, 2.75) is 26.9 Å². The van der Waals surface area contributed by atoms with Gasteiger partial charge in [-0.15, -0.1) is 0 Å². The number of nitrogens with one attached hydrogen (secondary N) is 2. The fourth-order valence-corrected chi connectivity index (χ4v) is 2.91. The lowest BCUT2D eigenvalue weighted by Gasteiger charge is -2.14. The van der Waals surface area contributed by atoms with Crippen LogP contribution in [0.3, 0.4) is 0 Å². The maximum absolute atomic E-state index is 11.9. The van der Waals surface area contributed by atoms with E-state index >= 15 is 0 Å². The van der Waals surface area contributed by atoms with E-state index in [0.717, 1.165) is 39.9 Å². The van der Waals surface area contributed by atoms with Gasteiger partial charge in [0, 0.05) is 17.3 Å². The zero-order chi connectivity index (χ0) is 19.2. The first-order valence-electron chi connectivity index (χ1n) is 9.06. The fourth-order valence-electron chi connectivity index (χ4n) is 2.91. The van der Waals surface area contributed by atoms with Gasteiger partial charge in [0.05, 0.1) is 11.4 Å². The van der Waals surface area contributed by atoms with Crippen LogP contribution in [0.4, 0.5) is 16.3 Å². The molecule has 0 aliphatic rings. The predicted octanol–water partition coefficient (Wildman–Crippen LogP) is 4.10. The summed E-state index contributed by atoms with van der Waals surface area (Å²) in [6.07, 6.45) is 0.852. The number of carbonyl (C=O) groups is 1. The summed E-state index contributed by atoms with van der Waals surface area (Å²) in [4.78, 5) is 16.3. The third-order valence-electron chi connectivity index (χ3n) is 4.30. The molecule has 0 atom stereocenters. The molecule has 2 amide bonds. The van der Waals surface area contributed by atoms with E-state index in [1.807, 2.05) is 62.4 Å². The largest absolute Gasteiger partial charge is 0.487 e. The summed E-state index contributed by atoms with van der Waals surface area (Å²) in [5, 5.41) is 7.44. The summed E-state index contributed by atoms with van der Waals surface area (Å²) in [6, 6.07) is 15.2. The molecule has 140 valence electrons. The van der Waals surface area contributed by atoms with Crippen LogP contribution < -0.4 is 21.1 Å². The number of nitrogens with two attached hydrogens (primary N) is 1. The van der Waals surface area contributed by atoms with Gasteiger partial charge in [-0.2, -0.15) is 0 Å². The number of aryl methyl sites for hydroxylation is 1. The van der Waals surface area contributed by atoms with E-state index in [0.29, 0.717) is 19.0 Å². The van der Waals surface area contributed by atoms with E-state index in [-0.39, 0.29) is 6.03 Å². The normalized spacial score (nSPS) is 10.6. The quantitative estimate of drug-likeness (QED) is 0.614. The van der Waals surface area contributed by atoms with Crippen molar-refractivity contribution in [1.29, 1.82) is 0 Å². The van der Waals surface area contributed by atoms with Gasteiger partial charge in [0.2, 0.25) is 0 Å². The van der Waals surface area contributed by atoms with E-state index in [1.54, 1.807) is 0 Å². The van der Waals surface area contributed by atoms with E-state index in [4.69, 9.17) is 10.5 Å². The van der Waals surface area contributed by atoms with E-state index < -0.39 is 0 Å². The minimum absolute atomic E-state index is 0.230. The molecule has 3 rings (SSSR count). The van der Waals surface area contributed by atoms with Crippen LogP contribution in [0.25, 0.3) is 10.8 Å². The smallest absolute Gasteiger partial charge is 0.319 e. The van der Waals surface area contributed by atoms with Crippen LogP contribution >= 0.6 is 0 Å². The van der Waals surface area contributed by atoms with Crippen molar-refractivity contribution in [2.24, 2.45) is 0 Å². The van der Waals surface area contributed by atoms with Crippen molar-refractivity contribution in [1.82, 2.24) is 10.3 Å². The number of aromatic nitrogens is 1. The highest BCUT2D eigenvalue weighted by molar-refractivity contribution is 6.03. The summed E-state index contributed by atoms with van der Waals surface area (Å²) < 4.78 is 5.99. The number of hydrogen-bond donors (Lipinski definition) is 3. The topological polar surface area (TPSA) is 89.3 Å². The molecule has 0 aliphatic carbocycles. The monoisotopic (exact) mass is 364 g/mol. The summed E-state index contributed by atoms with van der Waals surface area (Å²) in [6.45, 7) is 4.81. The summed E-state index contributed by atoms with van der Waals surface area (Å²) in [7, 11) is 0. The number of fused-ring (bicyclic) bond motifs is 1. The van der Waals surface area contributed by atoms with Gasteiger partial charge in [-0.1, -0.05) is 37.3 Å². The number of carbonyl (C=O) groups excluding carboxylic acids is 1. The number of amides is 2. The average molecular weight is 364 g/mol. The number of anilines is 2. The Morgan fingerprint density at radius 3 is 2.56 bits per heavy atom. The molecule has 0 radical (unpaired) electrons. The fraction of sp³-hybridized carbons (Fsp3) is 0.238. The molecular formula is C21H24N4O2. The molecule has 6 heteroatoms. The number of rotatable bonds is 6. The molecule has 4 N–H and O–H groups in total. The molecule has 3 aromatic rings. The van der Waals surface area contributed by atoms with Crippen molar-refractivity contribution in [3.63, 3.8) is 0 Å². The molecule has 27 heavy (non-hydrogen) atoms. The third kappa shape index (κ3) is 4.28. The minimum Gasteiger partial charge on any atom is -0.487 e. The highest BCUT2D eigenvalue weighted by Gasteiger charge is 2.10. The number of pyridine rings is 1. The van der Waals surface area contributed by atoms with E-state index in [1.165, 1.54) is 0 Å². The van der Waals surface area contributed by atoms with Crippen LogP contribution in [0.5, 0.6) is 5.75 Å². The molecule has 2 aromatic carbocycles. The highest BCUT2D eigenvalue weighted by Crippen LogP contribution is 2.32. The van der Waals surface area contributed by atoms with Crippen LogP contribution in [-0.4, -0.2) is 17.6 Å². The molecule has 1 heterocycles. The third-order valence-corrected chi connectivity index (χ3v) is 4.30. The van der Waals surface area contributed by atoms with Crippen molar-refractivity contribution < 1.29 is 9.53 Å². The number of benzene rings is 2. The number of hydrogen-bond acceptors (Lipinski definition) is 4. The zero-order valence-electron chi connectivity index (χ0n) is 15.6. The first-order chi connectivity index (χ1) is 13.1. The predicted molar refractivity (Wildman–Crippen MR) is 109 cm³/mol. The van der Waals surface area contributed by atoms with Gasteiger partial charge in [0.15, 0.2) is 0 Å². The second kappa shape index (κ2) is 8.40. The van der Waals surface area contributed by atoms with Crippen LogP contribution in [-0.2, 0) is 13.0 Å². The molecule has 0 unspecified atom stereocenters. The van der Waals surface area contributed by atoms with Gasteiger partial charge >= 0.3 is 6.03 Å². The minimum atomic E-state index is -0.230. The van der Waals surface area contributed by atoms with Gasteiger partial charge in [-0.3, -0.25) is 0 Å². The molecule has 0 aliphatic heterocycles. The van der Waals surface area contributed by atoms with Crippen molar-refractivity contribution in [2.75, 3.05) is 17.6 Å². The van der Waals surface area contributed by atoms with Crippen LogP contribution in [0, 0.1) is 0 Å². The van der Waals surface area contributed by atoms with Gasteiger partial charge in [-0.05, 0) is 37.1 Å². The SMILES string of the molecule is CCNC(=O)Nc1ccc(OCc2ccc(CC)c(N)n2)c2ccccc12. The second-order valence-corrected chi connectivity index (χ2v) is 6.13. The van der Waals surface area contributed by atoms with Crippen molar-refractivity contribution >= 4 is 28.3 Å². The lowest BCUT2D eigenvalue weighted by Crippen LogP contribution is -2.28. The molecule has 6 nitrogen and oxygen atoms in total. The standard InChI is InChI=1S/C21H24N4O2/c1-3-14-9-10-15(24-20(14)22)13-27-19-12-11-18(25-21(26)23-4-2)16-7-5-6-8-17(16)19/h5-12H,3-4,13H2,1-2H3,(H2,22,24)(H2,23,25,26). The van der Waals surface area contributed by atoms with Gasteiger partial charge in [0.1, 0.15) is 18.2 Å². The van der Waals surface area contributed by atoms with Gasteiger partial charge < -0.3 is 21.1 Å². The van der Waals surface area contributed by atoms with Crippen LogP contribution in [0.15, 0.2) is 48.5 Å². The van der Waals surface area contributed by atoms with Crippen molar-refractivity contribution in [3.05, 3.63) is 59.8 Å². The molecule has 1 aromatic heterocycles. The Bertz CT molecular complexity index is 956. The van der Waals surface area contributed by atoms with Crippen molar-refractivity contribution in [3.8, 4) is 5.75 Å². The molecule has 0 fully saturated rings. The summed E-state index contributed by atoms with van der Waals surface area (Å²) in [5.41, 5.74) is 8.51. The Hall–Kier alpha value is -3.28. The van der Waals surface area contributed by atoms with Gasteiger partial charge in [0.25, 0.3) is 0 Å². The lowest BCUT2D eigenvalue weighted by atomic mass is 10.1. The Balaban J connectivity index is 1.83.